The Labute approximate surface area is 109 Å². The van der Waals surface area contributed by atoms with Gasteiger partial charge in [0, 0.05) is 6.20 Å². The van der Waals surface area contributed by atoms with Crippen LogP contribution in [-0.2, 0) is 6.54 Å². The van der Waals surface area contributed by atoms with Crippen molar-refractivity contribution in [2.45, 2.75) is 26.5 Å². The smallest absolute Gasteiger partial charge is 0.197 e. The molecule has 6 nitrogen and oxygen atoms in total. The van der Waals surface area contributed by atoms with E-state index in [-0.39, 0.29) is 6.10 Å². The van der Waals surface area contributed by atoms with Crippen molar-refractivity contribution in [3.05, 3.63) is 24.0 Å². The number of nitrogen functional groups attached to an aromatic ring is 1. The Hall–Kier alpha value is -1.89. The lowest BCUT2D eigenvalue weighted by Crippen LogP contribution is -2.09. The van der Waals surface area contributed by atoms with E-state index in [1.165, 1.54) is 11.5 Å². The number of hydrogen-bond acceptors (Lipinski definition) is 7. The largest absolute Gasteiger partial charge is 0.484 e. The summed E-state index contributed by atoms with van der Waals surface area (Å²) in [7, 11) is 0. The van der Waals surface area contributed by atoms with E-state index in [9.17, 15) is 0 Å². The number of rotatable bonds is 5. The molecule has 0 aliphatic rings. The van der Waals surface area contributed by atoms with Crippen LogP contribution in [0.4, 0.5) is 10.8 Å². The normalized spacial score (nSPS) is 10.6. The van der Waals surface area contributed by atoms with Crippen LogP contribution in [0.2, 0.25) is 0 Å². The third-order valence-electron chi connectivity index (χ3n) is 2.09. The number of aromatic nitrogens is 3. The topological polar surface area (TPSA) is 86.0 Å². The molecule has 3 N–H and O–H groups in total. The van der Waals surface area contributed by atoms with Crippen molar-refractivity contribution in [1.29, 1.82) is 0 Å². The maximum Gasteiger partial charge on any atom is 0.197 e. The average Bonchev–Trinajstić information content (AvgIpc) is 2.69. The van der Waals surface area contributed by atoms with Gasteiger partial charge in [0.05, 0.1) is 18.3 Å². The van der Waals surface area contributed by atoms with Gasteiger partial charge in [-0.05, 0) is 37.5 Å². The standard InChI is InChI=1S/C11H15N5OS/c1-7(2)17-9-10(12)16-18-11(9)13-6-8-4-3-5-14-15-8/h3-5,7,13H,6H2,1-2H3,(H2,12,16). The van der Waals surface area contributed by atoms with E-state index in [4.69, 9.17) is 10.5 Å². The molecule has 2 aromatic rings. The molecular weight excluding hydrogens is 250 g/mol. The van der Waals surface area contributed by atoms with Gasteiger partial charge in [-0.2, -0.15) is 14.6 Å². The zero-order valence-electron chi connectivity index (χ0n) is 10.3. The summed E-state index contributed by atoms with van der Waals surface area (Å²) in [6, 6.07) is 3.74. The fraction of sp³-hybridized carbons (Fsp3) is 0.364. The molecule has 0 spiro atoms. The Morgan fingerprint density at radius 1 is 1.50 bits per heavy atom. The van der Waals surface area contributed by atoms with Gasteiger partial charge >= 0.3 is 0 Å². The highest BCUT2D eigenvalue weighted by molar-refractivity contribution is 7.11. The molecule has 0 saturated carbocycles. The molecule has 0 aliphatic heterocycles. The van der Waals surface area contributed by atoms with E-state index in [2.05, 4.69) is 19.9 Å². The van der Waals surface area contributed by atoms with Crippen LogP contribution in [0.25, 0.3) is 0 Å². The molecule has 0 bridgehead atoms. The molecule has 2 heterocycles. The van der Waals surface area contributed by atoms with Crippen LogP contribution in [0.5, 0.6) is 5.75 Å². The Morgan fingerprint density at radius 3 is 3.00 bits per heavy atom. The van der Waals surface area contributed by atoms with Gasteiger partial charge in [0.25, 0.3) is 0 Å². The van der Waals surface area contributed by atoms with Crippen molar-refractivity contribution >= 4 is 22.4 Å². The first-order chi connectivity index (χ1) is 8.66. The van der Waals surface area contributed by atoms with Crippen molar-refractivity contribution in [3.63, 3.8) is 0 Å². The predicted molar refractivity (Wildman–Crippen MR) is 71.6 cm³/mol. The van der Waals surface area contributed by atoms with Gasteiger partial charge in [-0.15, -0.1) is 0 Å². The Kier molecular flexibility index (Phi) is 3.93. The highest BCUT2D eigenvalue weighted by atomic mass is 32.1. The highest BCUT2D eigenvalue weighted by Gasteiger charge is 2.14. The number of nitrogens with zero attached hydrogens (tertiary/aromatic N) is 3. The summed E-state index contributed by atoms with van der Waals surface area (Å²) < 4.78 is 9.71. The number of anilines is 2. The fourth-order valence-corrected chi connectivity index (χ4v) is 2.00. The summed E-state index contributed by atoms with van der Waals surface area (Å²) in [5.74, 6) is 1.02. The Morgan fingerprint density at radius 2 is 2.33 bits per heavy atom. The molecule has 0 saturated heterocycles. The fourth-order valence-electron chi connectivity index (χ4n) is 1.35. The van der Waals surface area contributed by atoms with Gasteiger partial charge in [0.1, 0.15) is 0 Å². The van der Waals surface area contributed by atoms with E-state index in [0.29, 0.717) is 18.1 Å². The summed E-state index contributed by atoms with van der Waals surface area (Å²) in [6.07, 6.45) is 1.70. The molecule has 0 amide bonds. The van der Waals surface area contributed by atoms with Crippen molar-refractivity contribution in [3.8, 4) is 5.75 Å². The van der Waals surface area contributed by atoms with Gasteiger partial charge in [-0.25, -0.2) is 0 Å². The Bertz CT molecular complexity index is 499. The second-order valence-electron chi connectivity index (χ2n) is 3.96. The van der Waals surface area contributed by atoms with Crippen LogP contribution >= 0.6 is 11.5 Å². The predicted octanol–water partition coefficient (Wildman–Crippen LogP) is 1.91. The minimum atomic E-state index is 0.0563. The molecule has 0 aromatic carbocycles. The van der Waals surface area contributed by atoms with Crippen LogP contribution in [0.3, 0.4) is 0 Å². The van der Waals surface area contributed by atoms with Crippen LogP contribution in [0.1, 0.15) is 19.5 Å². The van der Waals surface area contributed by atoms with E-state index in [1.54, 1.807) is 6.20 Å². The highest BCUT2D eigenvalue weighted by Crippen LogP contribution is 2.35. The quantitative estimate of drug-likeness (QED) is 0.859. The molecular formula is C11H15N5OS. The van der Waals surface area contributed by atoms with E-state index in [0.717, 1.165) is 10.7 Å². The minimum absolute atomic E-state index is 0.0563. The maximum absolute atomic E-state index is 5.76. The van der Waals surface area contributed by atoms with Gasteiger partial charge in [0.2, 0.25) is 0 Å². The zero-order valence-corrected chi connectivity index (χ0v) is 11.1. The van der Waals surface area contributed by atoms with E-state index in [1.807, 2.05) is 26.0 Å². The summed E-state index contributed by atoms with van der Waals surface area (Å²) in [5, 5.41) is 11.8. The molecule has 0 atom stereocenters. The lowest BCUT2D eigenvalue weighted by molar-refractivity contribution is 0.245. The molecule has 2 rings (SSSR count). The second-order valence-corrected chi connectivity index (χ2v) is 4.73. The number of nitrogens with two attached hydrogens (primary N) is 1. The minimum Gasteiger partial charge on any atom is -0.484 e. The SMILES string of the molecule is CC(C)Oc1c(N)nsc1NCc1cccnn1. The van der Waals surface area contributed by atoms with Crippen LogP contribution in [0.15, 0.2) is 18.3 Å². The van der Waals surface area contributed by atoms with Crippen LogP contribution in [0, 0.1) is 0 Å². The second kappa shape index (κ2) is 5.63. The molecule has 0 fully saturated rings. The molecule has 2 aromatic heterocycles. The van der Waals surface area contributed by atoms with Crippen molar-refractivity contribution in [2.75, 3.05) is 11.1 Å². The number of nitrogens with one attached hydrogen (secondary N) is 1. The van der Waals surface area contributed by atoms with Gasteiger partial charge in [0.15, 0.2) is 16.6 Å². The average molecular weight is 265 g/mol. The third-order valence-corrected chi connectivity index (χ3v) is 2.89. The molecule has 0 aliphatic carbocycles. The molecule has 0 unspecified atom stereocenters. The zero-order chi connectivity index (χ0) is 13.0. The van der Waals surface area contributed by atoms with Crippen LogP contribution in [-0.4, -0.2) is 20.7 Å². The van der Waals surface area contributed by atoms with Gasteiger partial charge in [-0.3, -0.25) is 0 Å². The molecule has 18 heavy (non-hydrogen) atoms. The van der Waals surface area contributed by atoms with E-state index < -0.39 is 0 Å². The Balaban J connectivity index is 2.05. The van der Waals surface area contributed by atoms with Crippen LogP contribution < -0.4 is 15.8 Å². The summed E-state index contributed by atoms with van der Waals surface area (Å²) >= 11 is 1.28. The first-order valence-corrected chi connectivity index (χ1v) is 6.36. The summed E-state index contributed by atoms with van der Waals surface area (Å²) in [4.78, 5) is 0. The van der Waals surface area contributed by atoms with Crippen molar-refractivity contribution < 1.29 is 4.74 Å². The lowest BCUT2D eigenvalue weighted by atomic mass is 10.4. The first-order valence-electron chi connectivity index (χ1n) is 5.59. The maximum atomic E-state index is 5.76. The summed E-state index contributed by atoms with van der Waals surface area (Å²) in [5.41, 5.74) is 6.61. The van der Waals surface area contributed by atoms with Gasteiger partial charge in [-0.1, -0.05) is 0 Å². The monoisotopic (exact) mass is 265 g/mol. The van der Waals surface area contributed by atoms with Crippen molar-refractivity contribution in [2.24, 2.45) is 0 Å². The van der Waals surface area contributed by atoms with E-state index >= 15 is 0 Å². The molecule has 7 heteroatoms. The van der Waals surface area contributed by atoms with Crippen molar-refractivity contribution in [1.82, 2.24) is 14.6 Å². The molecule has 96 valence electrons. The number of ether oxygens (including phenoxy) is 1. The number of hydrogen-bond donors (Lipinski definition) is 2. The van der Waals surface area contributed by atoms with Gasteiger partial charge < -0.3 is 15.8 Å². The summed E-state index contributed by atoms with van der Waals surface area (Å²) in [6.45, 7) is 4.46. The lowest BCUT2D eigenvalue weighted by Gasteiger charge is -2.11. The molecule has 0 radical (unpaired) electrons. The third kappa shape index (κ3) is 3.07. The first kappa shape index (κ1) is 12.6.